The van der Waals surface area contributed by atoms with Gasteiger partial charge in [-0.3, -0.25) is 4.79 Å². The molecule has 0 spiro atoms. The lowest BCUT2D eigenvalue weighted by Gasteiger charge is -2.30. The van der Waals surface area contributed by atoms with E-state index in [0.29, 0.717) is 23.8 Å². The van der Waals surface area contributed by atoms with Gasteiger partial charge in [0.25, 0.3) is 0 Å². The largest absolute Gasteiger partial charge is 0.483 e. The molecule has 3 N–H and O–H groups in total. The maximum atomic E-state index is 15.2. The highest BCUT2D eigenvalue weighted by Crippen LogP contribution is 2.39. The summed E-state index contributed by atoms with van der Waals surface area (Å²) in [5.41, 5.74) is 3.20. The summed E-state index contributed by atoms with van der Waals surface area (Å²) in [7, 11) is 1.95. The monoisotopic (exact) mass is 458 g/mol. The third-order valence-corrected chi connectivity index (χ3v) is 7.02. The number of hydrogen-bond donors (Lipinski definition) is 3. The Kier molecular flexibility index (Phi) is 7.60. The van der Waals surface area contributed by atoms with Crippen molar-refractivity contribution in [2.24, 2.45) is 5.92 Å². The summed E-state index contributed by atoms with van der Waals surface area (Å²) < 4.78 is 35.1. The summed E-state index contributed by atoms with van der Waals surface area (Å²) >= 11 is 0. The van der Waals surface area contributed by atoms with Crippen LogP contribution >= 0.6 is 0 Å². The molecular weight excluding hydrogens is 426 g/mol. The molecule has 0 amide bonds. The molecule has 1 aliphatic carbocycles. The molecule has 0 unspecified atom stereocenters. The van der Waals surface area contributed by atoms with Crippen LogP contribution in [0.3, 0.4) is 0 Å². The molecule has 1 saturated heterocycles. The van der Waals surface area contributed by atoms with Gasteiger partial charge in [0.15, 0.2) is 17.4 Å². The van der Waals surface area contributed by atoms with Crippen molar-refractivity contribution in [3.05, 3.63) is 64.7 Å². The zero-order valence-electron chi connectivity index (χ0n) is 18.9. The molecule has 7 heteroatoms. The number of nitrogens with one attached hydrogen (secondary N) is 2. The smallest absolute Gasteiger partial charge is 0.320 e. The van der Waals surface area contributed by atoms with Gasteiger partial charge in [0.05, 0.1) is 0 Å². The second-order valence-corrected chi connectivity index (χ2v) is 9.28. The van der Waals surface area contributed by atoms with E-state index in [1.165, 1.54) is 23.3 Å². The van der Waals surface area contributed by atoms with Crippen LogP contribution in [-0.4, -0.2) is 36.8 Å². The lowest BCUT2D eigenvalue weighted by molar-refractivity contribution is -0.139. The Morgan fingerprint density at radius 2 is 1.88 bits per heavy atom. The van der Waals surface area contributed by atoms with Crippen LogP contribution in [0.1, 0.15) is 54.7 Å². The summed E-state index contributed by atoms with van der Waals surface area (Å²) in [5, 5.41) is 15.1. The van der Waals surface area contributed by atoms with Gasteiger partial charge in [-0.2, -0.15) is 0 Å². The first-order valence-electron chi connectivity index (χ1n) is 11.8. The molecule has 5 nitrogen and oxygen atoms in total. The Hall–Kier alpha value is -2.51. The SMILES string of the molecule is CNCc1ccccc1[C@H]1CC[C@H](Cc2ccc(F)c(O[C@@H]3CN[C@H](C(=O)O)C3)c2F)CC1. The maximum Gasteiger partial charge on any atom is 0.320 e. The lowest BCUT2D eigenvalue weighted by Crippen LogP contribution is -2.30. The third-order valence-electron chi connectivity index (χ3n) is 7.02. The van der Waals surface area contributed by atoms with Crippen LogP contribution in [0.2, 0.25) is 0 Å². The summed E-state index contributed by atoms with van der Waals surface area (Å²) in [5.74, 6) is -1.93. The normalized spacial score (nSPS) is 25.2. The quantitative estimate of drug-likeness (QED) is 0.547. The third kappa shape index (κ3) is 5.53. The molecule has 4 rings (SSSR count). The average molecular weight is 459 g/mol. The minimum atomic E-state index is -0.986. The maximum absolute atomic E-state index is 15.2. The van der Waals surface area contributed by atoms with Gasteiger partial charge in [-0.1, -0.05) is 30.3 Å². The van der Waals surface area contributed by atoms with E-state index in [4.69, 9.17) is 9.84 Å². The molecule has 0 bridgehead atoms. The molecule has 0 radical (unpaired) electrons. The zero-order valence-corrected chi connectivity index (χ0v) is 18.9. The fourth-order valence-corrected chi connectivity index (χ4v) is 5.26. The van der Waals surface area contributed by atoms with Gasteiger partial charge in [-0.05, 0) is 73.7 Å². The number of carboxylic acid groups (broad SMARTS) is 1. The van der Waals surface area contributed by atoms with Gasteiger partial charge >= 0.3 is 5.97 Å². The second kappa shape index (κ2) is 10.6. The van der Waals surface area contributed by atoms with E-state index in [1.807, 2.05) is 7.05 Å². The van der Waals surface area contributed by atoms with Crippen LogP contribution < -0.4 is 15.4 Å². The van der Waals surface area contributed by atoms with Crippen molar-refractivity contribution in [3.8, 4) is 5.75 Å². The van der Waals surface area contributed by atoms with E-state index < -0.39 is 29.7 Å². The zero-order chi connectivity index (χ0) is 23.4. The van der Waals surface area contributed by atoms with E-state index in [0.717, 1.165) is 32.2 Å². The average Bonchev–Trinajstić information content (AvgIpc) is 3.29. The number of carbonyl (C=O) groups is 1. The van der Waals surface area contributed by atoms with Crippen LogP contribution in [0.5, 0.6) is 5.75 Å². The molecule has 1 saturated carbocycles. The number of carboxylic acids is 1. The van der Waals surface area contributed by atoms with E-state index in [2.05, 4.69) is 34.9 Å². The van der Waals surface area contributed by atoms with Gasteiger partial charge in [-0.25, -0.2) is 8.78 Å². The summed E-state index contributed by atoms with van der Waals surface area (Å²) in [6.45, 7) is 1.10. The molecule has 2 atom stereocenters. The number of aliphatic carboxylic acids is 1. The highest BCUT2D eigenvalue weighted by Gasteiger charge is 2.32. The fraction of sp³-hybridized carbons (Fsp3) is 0.500. The Labute approximate surface area is 193 Å². The van der Waals surface area contributed by atoms with Gasteiger partial charge in [0.1, 0.15) is 12.1 Å². The van der Waals surface area contributed by atoms with Crippen LogP contribution in [-0.2, 0) is 17.8 Å². The molecule has 1 heterocycles. The first-order chi connectivity index (χ1) is 16.0. The number of halogens is 2. The van der Waals surface area contributed by atoms with Gasteiger partial charge in [-0.15, -0.1) is 0 Å². The van der Waals surface area contributed by atoms with Gasteiger partial charge in [0.2, 0.25) is 0 Å². The van der Waals surface area contributed by atoms with Crippen LogP contribution in [0.25, 0.3) is 0 Å². The van der Waals surface area contributed by atoms with Gasteiger partial charge < -0.3 is 20.5 Å². The molecule has 33 heavy (non-hydrogen) atoms. The number of hydrogen-bond acceptors (Lipinski definition) is 4. The lowest BCUT2D eigenvalue weighted by atomic mass is 9.75. The Morgan fingerprint density at radius 3 is 2.58 bits per heavy atom. The summed E-state index contributed by atoms with van der Waals surface area (Å²) in [6.07, 6.45) is 4.27. The molecule has 2 aromatic rings. The second-order valence-electron chi connectivity index (χ2n) is 9.28. The predicted molar refractivity (Wildman–Crippen MR) is 122 cm³/mol. The fourth-order valence-electron chi connectivity index (χ4n) is 5.26. The molecule has 1 aliphatic heterocycles. The van der Waals surface area contributed by atoms with Crippen molar-refractivity contribution in [2.45, 2.75) is 63.1 Å². The first kappa shape index (κ1) is 23.6. The minimum Gasteiger partial charge on any atom is -0.483 e. The first-order valence-corrected chi connectivity index (χ1v) is 11.8. The molecule has 2 aromatic carbocycles. The van der Waals surface area contributed by atoms with Crippen molar-refractivity contribution in [2.75, 3.05) is 13.6 Å². The standard InChI is InChI=1S/C26H32F2N2O3/c1-29-14-19-4-2-3-5-21(19)17-8-6-16(7-9-17)12-18-10-11-22(27)25(24(18)28)33-20-13-23(26(31)32)30-15-20/h2-5,10-11,16-17,20,23,29-30H,6-9,12-15H2,1H3,(H,31,32)/t16-,17-,20-,23-/m0/s1. The molecule has 2 fully saturated rings. The molecule has 0 aromatic heterocycles. The van der Waals surface area contributed by atoms with Crippen LogP contribution in [0.4, 0.5) is 8.78 Å². The van der Waals surface area contributed by atoms with Crippen LogP contribution in [0.15, 0.2) is 36.4 Å². The minimum absolute atomic E-state index is 0.178. The highest BCUT2D eigenvalue weighted by atomic mass is 19.1. The Bertz CT molecular complexity index is 976. The number of benzene rings is 2. The predicted octanol–water partition coefficient (Wildman–Crippen LogP) is 4.39. The number of rotatable bonds is 8. The van der Waals surface area contributed by atoms with Crippen molar-refractivity contribution in [1.82, 2.24) is 10.6 Å². The van der Waals surface area contributed by atoms with E-state index in [9.17, 15) is 9.18 Å². The Morgan fingerprint density at radius 1 is 1.12 bits per heavy atom. The summed E-state index contributed by atoms with van der Waals surface area (Å²) in [6, 6.07) is 10.6. The topological polar surface area (TPSA) is 70.6 Å². The van der Waals surface area contributed by atoms with Crippen molar-refractivity contribution in [3.63, 3.8) is 0 Å². The van der Waals surface area contributed by atoms with Gasteiger partial charge in [0, 0.05) is 19.5 Å². The number of ether oxygens (including phenoxy) is 1. The van der Waals surface area contributed by atoms with Crippen molar-refractivity contribution >= 4 is 5.97 Å². The van der Waals surface area contributed by atoms with Crippen molar-refractivity contribution in [1.29, 1.82) is 0 Å². The van der Waals surface area contributed by atoms with E-state index >= 15 is 4.39 Å². The molecule has 2 aliphatic rings. The van der Waals surface area contributed by atoms with Crippen molar-refractivity contribution < 1.29 is 23.4 Å². The van der Waals surface area contributed by atoms with E-state index in [-0.39, 0.29) is 18.7 Å². The highest BCUT2D eigenvalue weighted by molar-refractivity contribution is 5.73. The summed E-state index contributed by atoms with van der Waals surface area (Å²) in [4.78, 5) is 11.1. The molecular formula is C26H32F2N2O3. The van der Waals surface area contributed by atoms with E-state index in [1.54, 1.807) is 0 Å². The molecule has 178 valence electrons. The van der Waals surface area contributed by atoms with Crippen LogP contribution in [0, 0.1) is 17.6 Å². The Balaban J connectivity index is 1.38.